The molecule has 0 saturated heterocycles. The standard InChI is InChI=1S/C54H35N5/c1-3-17-38(18-4-1)54(39-19-5-2-6-20-39)47-24-9-7-21-40(47)45-30-46-44(31-48(45)54)41-22-8-10-25-49(41)59-50(46)34-14-11-15-36(28-34)53-57-32-37(33-58-53)43-29-35-16-12-26-55-51(35)52-42(43)23-13-27-56-52/h1-33,40,47H/t40?,47-/m0/s1. The average molecular weight is 754 g/mol. The van der Waals surface area contributed by atoms with Crippen molar-refractivity contribution in [2.24, 2.45) is 5.92 Å². The van der Waals surface area contributed by atoms with E-state index in [0.29, 0.717) is 5.82 Å². The summed E-state index contributed by atoms with van der Waals surface area (Å²) in [4.78, 5) is 24.6. The van der Waals surface area contributed by atoms with Gasteiger partial charge in [0.15, 0.2) is 5.82 Å². The predicted molar refractivity (Wildman–Crippen MR) is 239 cm³/mol. The fraction of sp³-hybridized carbons (Fsp3) is 0.0556. The molecule has 276 valence electrons. The zero-order valence-electron chi connectivity index (χ0n) is 31.9. The van der Waals surface area contributed by atoms with Crippen molar-refractivity contribution in [3.05, 3.63) is 223 Å². The lowest BCUT2D eigenvalue weighted by atomic mass is 9.63. The highest BCUT2D eigenvalue weighted by molar-refractivity contribution is 6.12. The van der Waals surface area contributed by atoms with Gasteiger partial charge in [-0.25, -0.2) is 15.0 Å². The summed E-state index contributed by atoms with van der Waals surface area (Å²) in [6, 6.07) is 54.4. The van der Waals surface area contributed by atoms with Crippen LogP contribution in [0.4, 0.5) is 0 Å². The molecule has 5 nitrogen and oxygen atoms in total. The van der Waals surface area contributed by atoms with Crippen LogP contribution in [0.1, 0.15) is 28.2 Å². The number of aromatic nitrogens is 5. The minimum absolute atomic E-state index is 0.198. The van der Waals surface area contributed by atoms with Gasteiger partial charge in [-0.1, -0.05) is 133 Å². The highest BCUT2D eigenvalue weighted by Crippen LogP contribution is 2.60. The molecule has 12 rings (SSSR count). The Morgan fingerprint density at radius 2 is 1.17 bits per heavy atom. The smallest absolute Gasteiger partial charge is 0.159 e. The lowest BCUT2D eigenvalue weighted by Crippen LogP contribution is -2.35. The highest BCUT2D eigenvalue weighted by atomic mass is 14.9. The minimum atomic E-state index is -0.377. The molecule has 10 aromatic rings. The first-order valence-corrected chi connectivity index (χ1v) is 20.1. The van der Waals surface area contributed by atoms with Gasteiger partial charge in [-0.05, 0) is 75.7 Å². The first-order valence-electron chi connectivity index (χ1n) is 20.1. The summed E-state index contributed by atoms with van der Waals surface area (Å²) in [6.07, 6.45) is 16.7. The van der Waals surface area contributed by atoms with Gasteiger partial charge in [0.25, 0.3) is 0 Å². The molecule has 6 aromatic carbocycles. The Hall–Kier alpha value is -7.63. The van der Waals surface area contributed by atoms with Gasteiger partial charge in [-0.3, -0.25) is 9.97 Å². The first kappa shape index (κ1) is 33.5. The van der Waals surface area contributed by atoms with Crippen molar-refractivity contribution in [2.45, 2.75) is 11.3 Å². The molecule has 59 heavy (non-hydrogen) atoms. The van der Waals surface area contributed by atoms with Crippen LogP contribution in [0, 0.1) is 5.92 Å². The third-order valence-electron chi connectivity index (χ3n) is 12.6. The fourth-order valence-electron chi connectivity index (χ4n) is 10.1. The maximum atomic E-state index is 5.41. The van der Waals surface area contributed by atoms with E-state index in [4.69, 9.17) is 19.9 Å². The molecule has 0 radical (unpaired) electrons. The van der Waals surface area contributed by atoms with Crippen molar-refractivity contribution >= 4 is 43.5 Å². The Kier molecular flexibility index (Phi) is 7.51. The fourth-order valence-corrected chi connectivity index (χ4v) is 10.1. The van der Waals surface area contributed by atoms with Crippen LogP contribution in [0.15, 0.2) is 201 Å². The van der Waals surface area contributed by atoms with E-state index in [1.807, 2.05) is 36.9 Å². The summed E-state index contributed by atoms with van der Waals surface area (Å²) < 4.78 is 0. The van der Waals surface area contributed by atoms with Gasteiger partial charge in [0.05, 0.1) is 27.7 Å². The minimum Gasteiger partial charge on any atom is -0.254 e. The van der Waals surface area contributed by atoms with Crippen LogP contribution in [-0.2, 0) is 5.41 Å². The predicted octanol–water partition coefficient (Wildman–Crippen LogP) is 12.4. The van der Waals surface area contributed by atoms with Crippen LogP contribution >= 0.6 is 0 Å². The van der Waals surface area contributed by atoms with Crippen molar-refractivity contribution in [1.82, 2.24) is 24.9 Å². The number of allylic oxidation sites excluding steroid dienone is 4. The molecule has 0 amide bonds. The zero-order chi connectivity index (χ0) is 38.9. The molecular formula is C54H35N5. The van der Waals surface area contributed by atoms with Gasteiger partial charge >= 0.3 is 0 Å². The van der Waals surface area contributed by atoms with E-state index in [1.165, 1.54) is 27.6 Å². The summed E-state index contributed by atoms with van der Waals surface area (Å²) in [5.74, 6) is 1.06. The lowest BCUT2D eigenvalue weighted by molar-refractivity contribution is 0.457. The number of benzene rings is 6. The van der Waals surface area contributed by atoms with Gasteiger partial charge in [0, 0.05) is 74.9 Å². The second-order valence-electron chi connectivity index (χ2n) is 15.6. The van der Waals surface area contributed by atoms with Crippen LogP contribution in [0.2, 0.25) is 0 Å². The number of para-hydroxylation sites is 1. The van der Waals surface area contributed by atoms with Crippen LogP contribution in [-0.4, -0.2) is 24.9 Å². The third kappa shape index (κ3) is 5.08. The molecule has 2 atom stereocenters. The molecule has 0 N–H and O–H groups in total. The molecule has 0 saturated carbocycles. The molecule has 0 spiro atoms. The van der Waals surface area contributed by atoms with E-state index in [1.54, 1.807) is 0 Å². The maximum absolute atomic E-state index is 5.41. The van der Waals surface area contributed by atoms with Crippen LogP contribution in [0.25, 0.3) is 77.3 Å². The number of hydrogen-bond donors (Lipinski definition) is 0. The molecule has 2 aliphatic rings. The van der Waals surface area contributed by atoms with Gasteiger partial charge in [0.1, 0.15) is 0 Å². The SMILES string of the molecule is C1=CC2c3cc4c(-c5cccc(-c6ncc(-c7cc8cccnc8c8ncccc78)cn6)c5)nc5ccccc5c4cc3C(c3ccccc3)(c3ccccc3)[C@H]2C=C1. The van der Waals surface area contributed by atoms with Crippen molar-refractivity contribution in [3.8, 4) is 33.8 Å². The van der Waals surface area contributed by atoms with Gasteiger partial charge in [-0.2, -0.15) is 0 Å². The summed E-state index contributed by atoms with van der Waals surface area (Å²) >= 11 is 0. The first-order chi connectivity index (χ1) is 29.3. The van der Waals surface area contributed by atoms with E-state index < -0.39 is 0 Å². The monoisotopic (exact) mass is 753 g/mol. The average Bonchev–Trinajstić information content (AvgIpc) is 3.61. The Labute approximate surface area is 341 Å². The zero-order valence-corrected chi connectivity index (χ0v) is 31.9. The van der Waals surface area contributed by atoms with E-state index >= 15 is 0 Å². The Bertz CT molecular complexity index is 3300. The van der Waals surface area contributed by atoms with Gasteiger partial charge in [-0.15, -0.1) is 0 Å². The number of pyridine rings is 3. The van der Waals surface area contributed by atoms with E-state index in [2.05, 4.69) is 169 Å². The van der Waals surface area contributed by atoms with Gasteiger partial charge < -0.3 is 0 Å². The second kappa shape index (κ2) is 13.2. The van der Waals surface area contributed by atoms with Crippen molar-refractivity contribution in [3.63, 3.8) is 0 Å². The molecule has 1 unspecified atom stereocenters. The quantitative estimate of drug-likeness (QED) is 0.164. The molecule has 5 heteroatoms. The summed E-state index contributed by atoms with van der Waals surface area (Å²) in [7, 11) is 0. The normalized spacial score (nSPS) is 16.5. The van der Waals surface area contributed by atoms with Gasteiger partial charge in [0.2, 0.25) is 0 Å². The van der Waals surface area contributed by atoms with Crippen LogP contribution in [0.3, 0.4) is 0 Å². The molecular weight excluding hydrogens is 719 g/mol. The van der Waals surface area contributed by atoms with E-state index in [9.17, 15) is 0 Å². The molecule has 4 heterocycles. The highest BCUT2D eigenvalue weighted by Gasteiger charge is 2.53. The summed E-state index contributed by atoms with van der Waals surface area (Å²) in [5, 5.41) is 5.54. The Morgan fingerprint density at radius 3 is 1.98 bits per heavy atom. The summed E-state index contributed by atoms with van der Waals surface area (Å²) in [5.41, 5.74) is 12.5. The Balaban J connectivity index is 1.03. The largest absolute Gasteiger partial charge is 0.254 e. The second-order valence-corrected chi connectivity index (χ2v) is 15.6. The van der Waals surface area contributed by atoms with Crippen LogP contribution < -0.4 is 0 Å². The van der Waals surface area contributed by atoms with Crippen molar-refractivity contribution in [2.75, 3.05) is 0 Å². The third-order valence-corrected chi connectivity index (χ3v) is 12.6. The van der Waals surface area contributed by atoms with Crippen molar-refractivity contribution < 1.29 is 0 Å². The summed E-state index contributed by atoms with van der Waals surface area (Å²) in [6.45, 7) is 0. The molecule has 0 aliphatic heterocycles. The number of nitrogens with zero attached hydrogens (tertiary/aromatic N) is 5. The van der Waals surface area contributed by atoms with E-state index in [-0.39, 0.29) is 17.3 Å². The number of rotatable bonds is 5. The van der Waals surface area contributed by atoms with E-state index in [0.717, 1.165) is 66.0 Å². The number of fused-ring (bicyclic) bond motifs is 9. The lowest BCUT2D eigenvalue weighted by Gasteiger charge is -2.38. The topological polar surface area (TPSA) is 64.5 Å². The van der Waals surface area contributed by atoms with Crippen LogP contribution in [0.5, 0.6) is 0 Å². The molecule has 4 aromatic heterocycles. The molecule has 0 fully saturated rings. The Morgan fingerprint density at radius 1 is 0.475 bits per heavy atom. The van der Waals surface area contributed by atoms with Crippen molar-refractivity contribution in [1.29, 1.82) is 0 Å². The molecule has 2 aliphatic carbocycles. The molecule has 0 bridgehead atoms. The maximum Gasteiger partial charge on any atom is 0.159 e. The number of hydrogen-bond acceptors (Lipinski definition) is 5.